The normalized spacial score (nSPS) is 11.1. The van der Waals surface area contributed by atoms with Gasteiger partial charge in [0, 0.05) is 30.9 Å². The maximum atomic E-state index is 12.1. The van der Waals surface area contributed by atoms with E-state index in [4.69, 9.17) is 23.2 Å². The fourth-order valence-electron chi connectivity index (χ4n) is 1.91. The van der Waals surface area contributed by atoms with Gasteiger partial charge in [0.05, 0.1) is 11.6 Å². The molecule has 0 saturated carbocycles. The number of likely N-dealkylation sites (N-methyl/N-ethyl adjacent to an activating group) is 1. The number of aromatic nitrogens is 2. The highest BCUT2D eigenvalue weighted by molar-refractivity contribution is 6.32. The SMILES string of the molecule is CCn1cc(Cl)c(CN(C)C(=O)/C=C/c2ccccc2Cl)n1. The van der Waals surface area contributed by atoms with Crippen LogP contribution in [0.4, 0.5) is 0 Å². The molecule has 0 spiro atoms. The predicted octanol–water partition coefficient (Wildman–Crippen LogP) is 3.88. The number of benzene rings is 1. The second-order valence-electron chi connectivity index (χ2n) is 4.83. The minimum atomic E-state index is -0.137. The molecular weight excluding hydrogens is 321 g/mol. The molecule has 4 nitrogen and oxygen atoms in total. The monoisotopic (exact) mass is 337 g/mol. The molecule has 116 valence electrons. The van der Waals surface area contributed by atoms with Crippen molar-refractivity contribution in [1.29, 1.82) is 0 Å². The molecule has 0 N–H and O–H groups in total. The van der Waals surface area contributed by atoms with Crippen LogP contribution < -0.4 is 0 Å². The lowest BCUT2D eigenvalue weighted by atomic mass is 10.2. The van der Waals surface area contributed by atoms with E-state index < -0.39 is 0 Å². The Morgan fingerprint density at radius 2 is 2.05 bits per heavy atom. The van der Waals surface area contributed by atoms with Crippen molar-refractivity contribution in [2.24, 2.45) is 0 Å². The van der Waals surface area contributed by atoms with Gasteiger partial charge in [0.1, 0.15) is 5.69 Å². The molecule has 0 bridgehead atoms. The van der Waals surface area contributed by atoms with Crippen LogP contribution in [0.15, 0.2) is 36.5 Å². The third-order valence-corrected chi connectivity index (χ3v) is 3.84. The van der Waals surface area contributed by atoms with Gasteiger partial charge in [-0.05, 0) is 24.6 Å². The summed E-state index contributed by atoms with van der Waals surface area (Å²) in [6.45, 7) is 3.08. The molecule has 0 aliphatic rings. The van der Waals surface area contributed by atoms with Gasteiger partial charge in [-0.15, -0.1) is 0 Å². The van der Waals surface area contributed by atoms with Crippen LogP contribution in [0.2, 0.25) is 10.0 Å². The first-order valence-corrected chi connectivity index (χ1v) is 7.66. The van der Waals surface area contributed by atoms with Crippen LogP contribution in [0.1, 0.15) is 18.2 Å². The molecule has 0 aliphatic heterocycles. The van der Waals surface area contributed by atoms with Gasteiger partial charge in [0.15, 0.2) is 0 Å². The summed E-state index contributed by atoms with van der Waals surface area (Å²) in [7, 11) is 1.71. The number of nitrogens with zero attached hydrogens (tertiary/aromatic N) is 3. The second kappa shape index (κ2) is 7.47. The van der Waals surface area contributed by atoms with Crippen molar-refractivity contribution < 1.29 is 4.79 Å². The standard InChI is InChI=1S/C16H17Cl2N3O/c1-3-21-10-14(18)15(19-21)11-20(2)16(22)9-8-12-6-4-5-7-13(12)17/h4-10H,3,11H2,1-2H3/b9-8+. The first-order chi connectivity index (χ1) is 10.5. The Kier molecular flexibility index (Phi) is 5.63. The zero-order chi connectivity index (χ0) is 16.1. The van der Waals surface area contributed by atoms with Gasteiger partial charge in [-0.2, -0.15) is 5.10 Å². The van der Waals surface area contributed by atoms with Crippen LogP contribution in [-0.2, 0) is 17.9 Å². The minimum absolute atomic E-state index is 0.137. The van der Waals surface area contributed by atoms with Crippen molar-refractivity contribution in [3.63, 3.8) is 0 Å². The average Bonchev–Trinajstić information content (AvgIpc) is 2.86. The summed E-state index contributed by atoms with van der Waals surface area (Å²) in [5.74, 6) is -0.137. The molecule has 0 atom stereocenters. The van der Waals surface area contributed by atoms with E-state index in [-0.39, 0.29) is 5.91 Å². The van der Waals surface area contributed by atoms with Crippen molar-refractivity contribution in [1.82, 2.24) is 14.7 Å². The lowest BCUT2D eigenvalue weighted by Crippen LogP contribution is -2.24. The molecule has 2 rings (SSSR count). The van der Waals surface area contributed by atoms with E-state index in [1.165, 1.54) is 6.08 Å². The number of carbonyl (C=O) groups is 1. The number of rotatable bonds is 5. The predicted molar refractivity (Wildman–Crippen MR) is 89.9 cm³/mol. The third-order valence-electron chi connectivity index (χ3n) is 3.19. The molecule has 0 radical (unpaired) electrons. The second-order valence-corrected chi connectivity index (χ2v) is 5.64. The number of hydrogen-bond acceptors (Lipinski definition) is 2. The zero-order valence-corrected chi connectivity index (χ0v) is 14.0. The number of amides is 1. The number of carbonyl (C=O) groups excluding carboxylic acids is 1. The Hall–Kier alpha value is -1.78. The van der Waals surface area contributed by atoms with Gasteiger partial charge in [-0.1, -0.05) is 41.4 Å². The van der Waals surface area contributed by atoms with Crippen molar-refractivity contribution in [2.75, 3.05) is 7.05 Å². The van der Waals surface area contributed by atoms with Crippen LogP contribution in [0.3, 0.4) is 0 Å². The molecule has 1 aromatic heterocycles. The largest absolute Gasteiger partial charge is 0.336 e. The Morgan fingerprint density at radius 3 is 2.68 bits per heavy atom. The van der Waals surface area contributed by atoms with E-state index in [1.54, 1.807) is 35.0 Å². The first kappa shape index (κ1) is 16.6. The fourth-order valence-corrected chi connectivity index (χ4v) is 2.32. The summed E-state index contributed by atoms with van der Waals surface area (Å²) in [6, 6.07) is 7.36. The number of aryl methyl sites for hydroxylation is 1. The summed E-state index contributed by atoms with van der Waals surface area (Å²) in [4.78, 5) is 13.7. The molecule has 0 fully saturated rings. The van der Waals surface area contributed by atoms with E-state index in [1.807, 2.05) is 25.1 Å². The summed E-state index contributed by atoms with van der Waals surface area (Å²) in [6.07, 6.45) is 4.95. The lowest BCUT2D eigenvalue weighted by Gasteiger charge is -2.13. The molecule has 0 aliphatic carbocycles. The van der Waals surface area contributed by atoms with Crippen molar-refractivity contribution >= 4 is 35.2 Å². The van der Waals surface area contributed by atoms with Gasteiger partial charge in [0.2, 0.25) is 5.91 Å². The highest BCUT2D eigenvalue weighted by Crippen LogP contribution is 2.17. The quantitative estimate of drug-likeness (QED) is 0.776. The summed E-state index contributed by atoms with van der Waals surface area (Å²) in [5, 5.41) is 5.51. The smallest absolute Gasteiger partial charge is 0.246 e. The summed E-state index contributed by atoms with van der Waals surface area (Å²) < 4.78 is 1.75. The van der Waals surface area contributed by atoms with Gasteiger partial charge < -0.3 is 4.90 Å². The van der Waals surface area contributed by atoms with E-state index >= 15 is 0 Å². The van der Waals surface area contributed by atoms with Gasteiger partial charge in [0.25, 0.3) is 0 Å². The third kappa shape index (κ3) is 4.12. The molecule has 6 heteroatoms. The zero-order valence-electron chi connectivity index (χ0n) is 12.5. The number of halogens is 2. The van der Waals surface area contributed by atoms with Gasteiger partial charge in [-0.3, -0.25) is 9.48 Å². The van der Waals surface area contributed by atoms with E-state index in [0.29, 0.717) is 22.3 Å². The number of hydrogen-bond donors (Lipinski definition) is 0. The highest BCUT2D eigenvalue weighted by atomic mass is 35.5. The Balaban J connectivity index is 2.03. The van der Waals surface area contributed by atoms with E-state index in [0.717, 1.165) is 12.1 Å². The van der Waals surface area contributed by atoms with Crippen molar-refractivity contribution in [2.45, 2.75) is 20.0 Å². The highest BCUT2D eigenvalue weighted by Gasteiger charge is 2.12. The molecule has 2 aromatic rings. The van der Waals surface area contributed by atoms with Crippen LogP contribution >= 0.6 is 23.2 Å². The van der Waals surface area contributed by atoms with Crippen molar-refractivity contribution in [3.8, 4) is 0 Å². The van der Waals surface area contributed by atoms with E-state index in [9.17, 15) is 4.79 Å². The summed E-state index contributed by atoms with van der Waals surface area (Å²) in [5.41, 5.74) is 1.49. The Labute approximate surface area is 139 Å². The fraction of sp³-hybridized carbons (Fsp3) is 0.250. The first-order valence-electron chi connectivity index (χ1n) is 6.90. The summed E-state index contributed by atoms with van der Waals surface area (Å²) >= 11 is 12.2. The minimum Gasteiger partial charge on any atom is -0.336 e. The van der Waals surface area contributed by atoms with Crippen LogP contribution in [0, 0.1) is 0 Å². The van der Waals surface area contributed by atoms with Crippen LogP contribution in [0.5, 0.6) is 0 Å². The van der Waals surface area contributed by atoms with Crippen LogP contribution in [-0.4, -0.2) is 27.6 Å². The Morgan fingerprint density at radius 1 is 1.32 bits per heavy atom. The molecule has 0 saturated heterocycles. The maximum Gasteiger partial charge on any atom is 0.246 e. The molecule has 22 heavy (non-hydrogen) atoms. The van der Waals surface area contributed by atoms with Gasteiger partial charge >= 0.3 is 0 Å². The molecule has 1 aromatic carbocycles. The topological polar surface area (TPSA) is 38.1 Å². The average molecular weight is 338 g/mol. The Bertz CT molecular complexity index is 694. The maximum absolute atomic E-state index is 12.1. The molecule has 1 heterocycles. The molecule has 0 unspecified atom stereocenters. The lowest BCUT2D eigenvalue weighted by molar-refractivity contribution is -0.125. The van der Waals surface area contributed by atoms with Gasteiger partial charge in [-0.25, -0.2) is 0 Å². The van der Waals surface area contributed by atoms with Crippen LogP contribution in [0.25, 0.3) is 6.08 Å². The van der Waals surface area contributed by atoms with E-state index in [2.05, 4.69) is 5.10 Å². The van der Waals surface area contributed by atoms with Crippen molar-refractivity contribution in [3.05, 3.63) is 57.8 Å². The molecular formula is C16H17Cl2N3O. The molecule has 1 amide bonds.